The van der Waals surface area contributed by atoms with Gasteiger partial charge in [-0.2, -0.15) is 0 Å². The highest BCUT2D eigenvalue weighted by Crippen LogP contribution is 2.26. The summed E-state index contributed by atoms with van der Waals surface area (Å²) in [6.07, 6.45) is 6.06. The molecule has 3 rings (SSSR count). The normalized spacial score (nSPS) is 13.6. The minimum Gasteiger partial charge on any atom is -0.493 e. The van der Waals surface area contributed by atoms with E-state index in [9.17, 15) is 0 Å². The molecule has 1 aliphatic rings. The molecule has 19 heavy (non-hydrogen) atoms. The van der Waals surface area contributed by atoms with Crippen LogP contribution in [0.2, 0.25) is 0 Å². The lowest BCUT2D eigenvalue weighted by Gasteiger charge is -2.10. The summed E-state index contributed by atoms with van der Waals surface area (Å²) in [5.41, 5.74) is 2.74. The fourth-order valence-electron chi connectivity index (χ4n) is 2.66. The minimum absolute atomic E-state index is 0.475. The first-order valence-corrected chi connectivity index (χ1v) is 6.99. The fraction of sp³-hybridized carbons (Fsp3) is 0.438. The molecule has 1 aromatic heterocycles. The number of aromatic nitrogens is 2. The Balaban J connectivity index is 1.70. The topological polar surface area (TPSA) is 27.1 Å². The maximum Gasteiger partial charge on any atom is 0.122 e. The lowest BCUT2D eigenvalue weighted by molar-refractivity contribution is 0.357. The molecule has 0 spiro atoms. The van der Waals surface area contributed by atoms with Crippen LogP contribution in [-0.4, -0.2) is 16.2 Å². The summed E-state index contributed by atoms with van der Waals surface area (Å²) in [6.45, 7) is 6.20. The molecule has 0 radical (unpaired) electrons. The summed E-state index contributed by atoms with van der Waals surface area (Å²) in [5.74, 6) is 2.71. The van der Waals surface area contributed by atoms with Gasteiger partial charge in [0.2, 0.25) is 0 Å². The molecule has 0 atom stereocenters. The number of hydrogen-bond donors (Lipinski definition) is 0. The second-order valence-corrected chi connectivity index (χ2v) is 5.42. The highest BCUT2D eigenvalue weighted by molar-refractivity contribution is 5.39. The summed E-state index contributed by atoms with van der Waals surface area (Å²) in [6, 6.07) is 6.57. The molecule has 0 amide bonds. The second-order valence-electron chi connectivity index (χ2n) is 5.42. The Morgan fingerprint density at radius 1 is 1.37 bits per heavy atom. The average Bonchev–Trinajstić information content (AvgIpc) is 3.04. The zero-order valence-electron chi connectivity index (χ0n) is 11.6. The Kier molecular flexibility index (Phi) is 3.28. The van der Waals surface area contributed by atoms with Crippen molar-refractivity contribution in [3.8, 4) is 5.75 Å². The number of nitrogens with zero attached hydrogens (tertiary/aromatic N) is 2. The van der Waals surface area contributed by atoms with E-state index in [4.69, 9.17) is 4.74 Å². The molecule has 0 bridgehead atoms. The number of rotatable bonds is 4. The van der Waals surface area contributed by atoms with Gasteiger partial charge in [0, 0.05) is 31.3 Å². The van der Waals surface area contributed by atoms with Crippen LogP contribution in [0, 0.1) is 0 Å². The smallest absolute Gasteiger partial charge is 0.122 e. The summed E-state index contributed by atoms with van der Waals surface area (Å²) < 4.78 is 7.80. The Labute approximate surface area is 114 Å². The molecule has 0 saturated heterocycles. The zero-order chi connectivity index (χ0) is 13.2. The van der Waals surface area contributed by atoms with Gasteiger partial charge < -0.3 is 9.30 Å². The third-order valence-electron chi connectivity index (χ3n) is 3.66. The van der Waals surface area contributed by atoms with Gasteiger partial charge in [-0.1, -0.05) is 26.0 Å². The van der Waals surface area contributed by atoms with Gasteiger partial charge in [-0.15, -0.1) is 0 Å². The first kappa shape index (κ1) is 12.3. The van der Waals surface area contributed by atoms with Gasteiger partial charge in [-0.3, -0.25) is 0 Å². The lowest BCUT2D eigenvalue weighted by atomic mass is 10.1. The van der Waals surface area contributed by atoms with Crippen LogP contribution in [0.5, 0.6) is 5.75 Å². The van der Waals surface area contributed by atoms with Gasteiger partial charge in [0.05, 0.1) is 6.61 Å². The molecule has 100 valence electrons. The van der Waals surface area contributed by atoms with Gasteiger partial charge in [0.15, 0.2) is 0 Å². The van der Waals surface area contributed by atoms with E-state index in [1.54, 1.807) is 0 Å². The van der Waals surface area contributed by atoms with Crippen molar-refractivity contribution in [2.24, 2.45) is 0 Å². The van der Waals surface area contributed by atoms with Gasteiger partial charge >= 0.3 is 0 Å². The largest absolute Gasteiger partial charge is 0.493 e. The second kappa shape index (κ2) is 5.08. The number of benzene rings is 1. The van der Waals surface area contributed by atoms with Gasteiger partial charge in [0.25, 0.3) is 0 Å². The highest BCUT2D eigenvalue weighted by Gasteiger charge is 2.12. The van der Waals surface area contributed by atoms with Crippen molar-refractivity contribution in [3.63, 3.8) is 0 Å². The van der Waals surface area contributed by atoms with E-state index in [2.05, 4.69) is 47.8 Å². The average molecular weight is 256 g/mol. The molecule has 3 nitrogen and oxygen atoms in total. The number of fused-ring (bicyclic) bond motifs is 1. The maximum absolute atomic E-state index is 5.54. The van der Waals surface area contributed by atoms with Crippen LogP contribution in [0.25, 0.3) is 0 Å². The molecule has 0 unspecified atom stereocenters. The molecule has 1 aliphatic heterocycles. The minimum atomic E-state index is 0.475. The van der Waals surface area contributed by atoms with Gasteiger partial charge in [-0.05, 0) is 23.6 Å². The van der Waals surface area contributed by atoms with Crippen LogP contribution in [0.15, 0.2) is 30.6 Å². The van der Waals surface area contributed by atoms with E-state index < -0.39 is 0 Å². The van der Waals surface area contributed by atoms with Crippen molar-refractivity contribution in [2.45, 2.75) is 39.2 Å². The molecular weight excluding hydrogens is 236 g/mol. The molecule has 1 aromatic carbocycles. The van der Waals surface area contributed by atoms with Crippen LogP contribution in [0.1, 0.15) is 36.7 Å². The van der Waals surface area contributed by atoms with Crippen molar-refractivity contribution < 1.29 is 4.74 Å². The monoisotopic (exact) mass is 256 g/mol. The third-order valence-corrected chi connectivity index (χ3v) is 3.66. The van der Waals surface area contributed by atoms with Crippen LogP contribution in [-0.2, 0) is 19.4 Å². The maximum atomic E-state index is 5.54. The Morgan fingerprint density at radius 2 is 2.26 bits per heavy atom. The predicted molar refractivity (Wildman–Crippen MR) is 75.7 cm³/mol. The Hall–Kier alpha value is -1.77. The van der Waals surface area contributed by atoms with E-state index in [0.29, 0.717) is 5.92 Å². The molecule has 0 saturated carbocycles. The van der Waals surface area contributed by atoms with Crippen molar-refractivity contribution in [1.82, 2.24) is 9.55 Å². The predicted octanol–water partition coefficient (Wildman–Crippen LogP) is 3.18. The highest BCUT2D eigenvalue weighted by atomic mass is 16.5. The number of ether oxygens (including phenoxy) is 1. The molecule has 2 heterocycles. The molecule has 0 fully saturated rings. The van der Waals surface area contributed by atoms with Crippen molar-refractivity contribution in [2.75, 3.05) is 6.61 Å². The van der Waals surface area contributed by atoms with Crippen LogP contribution < -0.4 is 4.74 Å². The standard InChI is InChI=1S/C16H20N2O/c1-12(2)16-17-7-9-18(16)8-5-13-3-4-15-14(11-13)6-10-19-15/h3-4,7,9,11-12H,5-6,8,10H2,1-2H3. The number of hydrogen-bond acceptors (Lipinski definition) is 2. The molecular formula is C16H20N2O. The molecule has 0 aliphatic carbocycles. The van der Waals surface area contributed by atoms with Gasteiger partial charge in [-0.25, -0.2) is 4.98 Å². The summed E-state index contributed by atoms with van der Waals surface area (Å²) in [5, 5.41) is 0. The Bertz CT molecular complexity index is 572. The van der Waals surface area contributed by atoms with Gasteiger partial charge in [0.1, 0.15) is 11.6 Å². The molecule has 0 N–H and O–H groups in total. The van der Waals surface area contributed by atoms with Crippen molar-refractivity contribution in [1.29, 1.82) is 0 Å². The third kappa shape index (κ3) is 2.50. The van der Waals surface area contributed by atoms with E-state index >= 15 is 0 Å². The van der Waals surface area contributed by atoms with Crippen LogP contribution in [0.4, 0.5) is 0 Å². The van der Waals surface area contributed by atoms with E-state index in [1.165, 1.54) is 17.0 Å². The Morgan fingerprint density at radius 3 is 3.11 bits per heavy atom. The fourth-order valence-corrected chi connectivity index (χ4v) is 2.66. The molecule has 3 heteroatoms. The number of aryl methyl sites for hydroxylation is 2. The SMILES string of the molecule is CC(C)c1nccn1CCc1ccc2c(c1)CCO2. The summed E-state index contributed by atoms with van der Waals surface area (Å²) in [7, 11) is 0. The first-order chi connectivity index (χ1) is 9.24. The number of imidazole rings is 1. The van der Waals surface area contributed by atoms with Crippen LogP contribution in [0.3, 0.4) is 0 Å². The zero-order valence-corrected chi connectivity index (χ0v) is 11.6. The van der Waals surface area contributed by atoms with E-state index in [0.717, 1.165) is 31.7 Å². The van der Waals surface area contributed by atoms with Crippen molar-refractivity contribution in [3.05, 3.63) is 47.5 Å². The van der Waals surface area contributed by atoms with Crippen LogP contribution >= 0.6 is 0 Å². The van der Waals surface area contributed by atoms with Crippen molar-refractivity contribution >= 4 is 0 Å². The quantitative estimate of drug-likeness (QED) is 0.840. The lowest BCUT2D eigenvalue weighted by Crippen LogP contribution is -2.06. The molecule has 2 aromatic rings. The first-order valence-electron chi connectivity index (χ1n) is 6.99. The van der Waals surface area contributed by atoms with E-state index in [1.807, 2.05) is 6.20 Å². The summed E-state index contributed by atoms with van der Waals surface area (Å²) >= 11 is 0. The summed E-state index contributed by atoms with van der Waals surface area (Å²) in [4.78, 5) is 4.43. The van der Waals surface area contributed by atoms with E-state index in [-0.39, 0.29) is 0 Å².